The lowest BCUT2D eigenvalue weighted by atomic mass is 10.0. The molecule has 1 N–H and O–H groups in total. The normalized spacial score (nSPS) is 11.8. The van der Waals surface area contributed by atoms with Gasteiger partial charge in [0.15, 0.2) is 0 Å². The highest BCUT2D eigenvalue weighted by molar-refractivity contribution is 7.86. The van der Waals surface area contributed by atoms with Crippen LogP contribution in [0.1, 0.15) is 154 Å². The molecule has 0 spiro atoms. The Morgan fingerprint density at radius 2 is 1.11 bits per heavy atom. The second-order valence-corrected chi connectivity index (χ2v) is 12.4. The van der Waals surface area contributed by atoms with Crippen molar-refractivity contribution in [3.63, 3.8) is 0 Å². The molecule has 4 nitrogen and oxygen atoms in total. The molecular weight excluding hydrogens is 499 g/mol. The summed E-state index contributed by atoms with van der Waals surface area (Å²) < 4.78 is 51.1. The van der Waals surface area contributed by atoms with Gasteiger partial charge in [0.1, 0.15) is 10.6 Å². The highest BCUT2D eigenvalue weighted by Crippen LogP contribution is 2.26. The molecule has 0 bridgehead atoms. The maximum Gasteiger partial charge on any atom is 0.298 e. The van der Waals surface area contributed by atoms with Crippen molar-refractivity contribution in [1.82, 2.24) is 0 Å². The fourth-order valence-electron chi connectivity index (χ4n) is 5.00. The van der Waals surface area contributed by atoms with Crippen molar-refractivity contribution in [3.05, 3.63) is 23.8 Å². The first-order valence-electron chi connectivity index (χ1n) is 15.8. The number of alkyl halides is 1. The van der Waals surface area contributed by atoms with Crippen molar-refractivity contribution in [2.45, 2.75) is 159 Å². The number of halogens is 1. The quantitative estimate of drug-likeness (QED) is 0.0864. The van der Waals surface area contributed by atoms with E-state index in [1.165, 1.54) is 96.0 Å². The van der Waals surface area contributed by atoms with E-state index in [1.807, 2.05) is 0 Å². The molecule has 0 aromatic heterocycles. The molecule has 0 fully saturated rings. The van der Waals surface area contributed by atoms with E-state index < -0.39 is 10.1 Å². The molecule has 0 saturated carbocycles. The summed E-state index contributed by atoms with van der Waals surface area (Å²) in [6, 6.07) is 5.04. The van der Waals surface area contributed by atoms with Crippen molar-refractivity contribution in [3.8, 4) is 5.75 Å². The van der Waals surface area contributed by atoms with Gasteiger partial charge in [-0.25, -0.2) is 0 Å². The van der Waals surface area contributed by atoms with E-state index >= 15 is 0 Å². The van der Waals surface area contributed by atoms with Crippen LogP contribution in [-0.2, 0) is 16.5 Å². The molecule has 1 rings (SSSR count). The summed E-state index contributed by atoms with van der Waals surface area (Å²) in [6.45, 7) is 2.46. The molecular formula is C32H57FO4S. The third-order valence-electron chi connectivity index (χ3n) is 7.39. The average Bonchev–Trinajstić information content (AvgIpc) is 2.89. The van der Waals surface area contributed by atoms with Gasteiger partial charge >= 0.3 is 0 Å². The molecule has 0 aliphatic carbocycles. The van der Waals surface area contributed by atoms with E-state index in [2.05, 4.69) is 6.92 Å². The molecule has 38 heavy (non-hydrogen) atoms. The van der Waals surface area contributed by atoms with Gasteiger partial charge in [-0.3, -0.25) is 8.94 Å². The molecule has 0 saturated heterocycles. The van der Waals surface area contributed by atoms with Crippen LogP contribution >= 0.6 is 0 Å². The Kier molecular flexibility index (Phi) is 21.8. The van der Waals surface area contributed by atoms with Gasteiger partial charge in [0.2, 0.25) is 0 Å². The van der Waals surface area contributed by atoms with Gasteiger partial charge in [-0.1, -0.05) is 135 Å². The Hall–Kier alpha value is -1.14. The van der Waals surface area contributed by atoms with Crippen LogP contribution in [0.3, 0.4) is 0 Å². The molecule has 0 unspecified atom stereocenters. The van der Waals surface area contributed by atoms with Crippen LogP contribution in [-0.4, -0.2) is 26.3 Å². The van der Waals surface area contributed by atoms with Gasteiger partial charge in [0.05, 0.1) is 13.3 Å². The number of benzene rings is 1. The second-order valence-electron chi connectivity index (χ2n) is 11.0. The number of rotatable bonds is 27. The van der Waals surface area contributed by atoms with Gasteiger partial charge < -0.3 is 4.74 Å². The van der Waals surface area contributed by atoms with Crippen LogP contribution in [0.25, 0.3) is 0 Å². The van der Waals surface area contributed by atoms with Gasteiger partial charge in [0, 0.05) is 0 Å². The van der Waals surface area contributed by atoms with E-state index in [9.17, 15) is 17.4 Å². The minimum atomic E-state index is -4.32. The van der Waals surface area contributed by atoms with E-state index in [0.717, 1.165) is 56.9 Å². The lowest BCUT2D eigenvalue weighted by Gasteiger charge is -2.12. The van der Waals surface area contributed by atoms with Gasteiger partial charge in [0.25, 0.3) is 10.1 Å². The summed E-state index contributed by atoms with van der Waals surface area (Å²) in [4.78, 5) is -0.149. The monoisotopic (exact) mass is 556 g/mol. The standard InChI is InChI=1S/C32H57FO4S/c1-2-3-4-5-6-7-8-9-10-11-12-13-15-18-21-24-30-25-26-32(38(34,35)36)31(29-30)37-28-23-20-17-14-16-19-22-27-33/h25-26,29H,2-24,27-28H2,1H3,(H,34,35,36). The summed E-state index contributed by atoms with van der Waals surface area (Å²) in [7, 11) is -4.32. The lowest BCUT2D eigenvalue weighted by Crippen LogP contribution is -2.06. The number of unbranched alkanes of at least 4 members (excludes halogenated alkanes) is 20. The summed E-state index contributed by atoms with van der Waals surface area (Å²) >= 11 is 0. The van der Waals surface area contributed by atoms with Gasteiger partial charge in [-0.2, -0.15) is 8.42 Å². The summed E-state index contributed by atoms with van der Waals surface area (Å²) in [5.74, 6) is 0.258. The highest BCUT2D eigenvalue weighted by atomic mass is 32.2. The zero-order valence-corrected chi connectivity index (χ0v) is 25.2. The predicted octanol–water partition coefficient (Wildman–Crippen LogP) is 10.4. The first-order chi connectivity index (χ1) is 18.5. The van der Waals surface area contributed by atoms with Crippen LogP contribution in [0, 0.1) is 0 Å². The van der Waals surface area contributed by atoms with Crippen LogP contribution in [0.15, 0.2) is 23.1 Å². The minimum Gasteiger partial charge on any atom is -0.492 e. The smallest absolute Gasteiger partial charge is 0.298 e. The molecule has 0 atom stereocenters. The van der Waals surface area contributed by atoms with E-state index in [4.69, 9.17) is 4.74 Å². The number of aryl methyl sites for hydroxylation is 1. The van der Waals surface area contributed by atoms with Crippen LogP contribution in [0.4, 0.5) is 4.39 Å². The van der Waals surface area contributed by atoms with Crippen molar-refractivity contribution in [2.24, 2.45) is 0 Å². The van der Waals surface area contributed by atoms with E-state index in [-0.39, 0.29) is 17.3 Å². The van der Waals surface area contributed by atoms with Gasteiger partial charge in [-0.05, 0) is 43.4 Å². The zero-order valence-electron chi connectivity index (χ0n) is 24.4. The van der Waals surface area contributed by atoms with Crippen molar-refractivity contribution >= 4 is 10.1 Å². The molecule has 1 aromatic rings. The Labute approximate surface area is 234 Å². The van der Waals surface area contributed by atoms with Crippen molar-refractivity contribution < 1.29 is 22.1 Å². The number of ether oxygens (including phenoxy) is 1. The maximum atomic E-state index is 12.1. The minimum absolute atomic E-state index is 0.149. The summed E-state index contributed by atoms with van der Waals surface area (Å²) in [5.41, 5.74) is 1.05. The Balaban J connectivity index is 2.18. The topological polar surface area (TPSA) is 63.6 Å². The van der Waals surface area contributed by atoms with E-state index in [0.29, 0.717) is 13.0 Å². The number of hydrogen-bond acceptors (Lipinski definition) is 3. The third kappa shape index (κ3) is 19.0. The predicted molar refractivity (Wildman–Crippen MR) is 159 cm³/mol. The molecule has 0 aliphatic rings. The molecule has 0 heterocycles. The van der Waals surface area contributed by atoms with Gasteiger partial charge in [-0.15, -0.1) is 0 Å². The third-order valence-corrected chi connectivity index (χ3v) is 8.28. The Bertz CT molecular complexity index is 782. The summed E-state index contributed by atoms with van der Waals surface area (Å²) in [5, 5.41) is 0. The molecule has 0 aliphatic heterocycles. The van der Waals surface area contributed by atoms with Crippen molar-refractivity contribution in [1.29, 1.82) is 0 Å². The zero-order chi connectivity index (χ0) is 27.7. The first kappa shape index (κ1) is 34.9. The van der Waals surface area contributed by atoms with E-state index in [1.54, 1.807) is 12.1 Å². The molecule has 0 radical (unpaired) electrons. The summed E-state index contributed by atoms with van der Waals surface area (Å²) in [6.07, 6.45) is 27.5. The highest BCUT2D eigenvalue weighted by Gasteiger charge is 2.17. The fourth-order valence-corrected chi connectivity index (χ4v) is 5.61. The second kappa shape index (κ2) is 23.7. The average molecular weight is 557 g/mol. The lowest BCUT2D eigenvalue weighted by molar-refractivity contribution is 0.295. The molecule has 6 heteroatoms. The van der Waals surface area contributed by atoms with Crippen LogP contribution in [0.5, 0.6) is 5.75 Å². The van der Waals surface area contributed by atoms with Crippen molar-refractivity contribution in [2.75, 3.05) is 13.3 Å². The Morgan fingerprint density at radius 3 is 1.58 bits per heavy atom. The number of hydrogen-bond donors (Lipinski definition) is 1. The SMILES string of the molecule is CCCCCCCCCCCCCCCCCc1ccc(S(=O)(=O)O)c(OCCCCCCCCCF)c1. The fraction of sp³-hybridized carbons (Fsp3) is 0.812. The maximum absolute atomic E-state index is 12.1. The largest absolute Gasteiger partial charge is 0.492 e. The molecule has 0 amide bonds. The first-order valence-corrected chi connectivity index (χ1v) is 17.2. The molecule has 1 aromatic carbocycles. The Morgan fingerprint density at radius 1 is 0.658 bits per heavy atom. The van der Waals surface area contributed by atoms with Crippen LogP contribution in [0.2, 0.25) is 0 Å². The molecule has 222 valence electrons. The van der Waals surface area contributed by atoms with Crippen LogP contribution < -0.4 is 4.74 Å².